The van der Waals surface area contributed by atoms with Crippen molar-refractivity contribution in [2.24, 2.45) is 11.8 Å². The lowest BCUT2D eigenvalue weighted by Crippen LogP contribution is -2.37. The average Bonchev–Trinajstić information content (AvgIpc) is 2.70. The van der Waals surface area contributed by atoms with Crippen molar-refractivity contribution in [1.29, 1.82) is 0 Å². The van der Waals surface area contributed by atoms with E-state index in [-0.39, 0.29) is 48.7 Å². The smallest absolute Gasteiger partial charge is 0.224 e. The number of aryl methyl sites for hydroxylation is 1. The quantitative estimate of drug-likeness (QED) is 0.606. The Balaban J connectivity index is 2.06. The van der Waals surface area contributed by atoms with Crippen LogP contribution in [-0.4, -0.2) is 36.6 Å². The fourth-order valence-corrected chi connectivity index (χ4v) is 3.87. The molecule has 5 nitrogen and oxygen atoms in total. The monoisotopic (exact) mass is 389 g/mol. The van der Waals surface area contributed by atoms with E-state index in [0.717, 1.165) is 25.7 Å². The number of benzene rings is 1. The van der Waals surface area contributed by atoms with Crippen LogP contribution >= 0.6 is 0 Å². The minimum absolute atomic E-state index is 0.0106. The summed E-state index contributed by atoms with van der Waals surface area (Å²) in [5.41, 5.74) is 2.50. The van der Waals surface area contributed by atoms with Crippen LogP contribution in [0.25, 0.3) is 0 Å². The van der Waals surface area contributed by atoms with Gasteiger partial charge in [-0.15, -0.1) is 0 Å². The first-order chi connectivity index (χ1) is 13.5. The zero-order chi connectivity index (χ0) is 20.5. The molecule has 1 aromatic carbocycles. The summed E-state index contributed by atoms with van der Waals surface area (Å²) < 4.78 is 5.32. The van der Waals surface area contributed by atoms with Crippen LogP contribution in [-0.2, 0) is 20.7 Å². The summed E-state index contributed by atoms with van der Waals surface area (Å²) in [6, 6.07) is 8.30. The van der Waals surface area contributed by atoms with Crippen molar-refractivity contribution >= 4 is 11.7 Å². The van der Waals surface area contributed by atoms with E-state index in [0.29, 0.717) is 12.8 Å². The molecule has 28 heavy (non-hydrogen) atoms. The molecule has 0 saturated carbocycles. The zero-order valence-electron chi connectivity index (χ0n) is 17.4. The number of aliphatic hydroxyl groups excluding tert-OH is 1. The Morgan fingerprint density at radius 2 is 1.96 bits per heavy atom. The summed E-state index contributed by atoms with van der Waals surface area (Å²) in [6.07, 6.45) is 5.10. The van der Waals surface area contributed by atoms with Crippen molar-refractivity contribution in [3.05, 3.63) is 35.4 Å². The number of ether oxygens (including phenoxy) is 1. The summed E-state index contributed by atoms with van der Waals surface area (Å²) >= 11 is 0. The number of aliphatic hydroxyl groups is 1. The molecule has 0 saturated heterocycles. The van der Waals surface area contributed by atoms with E-state index in [2.05, 4.69) is 17.4 Å². The van der Waals surface area contributed by atoms with E-state index in [1.165, 1.54) is 11.1 Å². The maximum absolute atomic E-state index is 13.1. The molecule has 1 aliphatic carbocycles. The first kappa shape index (κ1) is 22.6. The average molecular weight is 390 g/mol. The number of hydrogen-bond acceptors (Lipinski definition) is 4. The molecule has 5 heteroatoms. The molecule has 2 unspecified atom stereocenters. The second kappa shape index (κ2) is 11.3. The van der Waals surface area contributed by atoms with E-state index in [1.54, 1.807) is 7.11 Å². The number of carbonyl (C=O) groups is 2. The number of rotatable bonds is 11. The largest absolute Gasteiger partial charge is 0.396 e. The number of hydrogen-bond donors (Lipinski definition) is 2. The van der Waals surface area contributed by atoms with Crippen LogP contribution in [0.3, 0.4) is 0 Å². The third kappa shape index (κ3) is 6.42. The van der Waals surface area contributed by atoms with Gasteiger partial charge in [0.15, 0.2) is 0 Å². The number of carbonyl (C=O) groups excluding carboxylic acids is 2. The van der Waals surface area contributed by atoms with Gasteiger partial charge >= 0.3 is 0 Å². The number of Topliss-reactive ketones (excluding diaryl/α,β-unsaturated/α-hetero) is 1. The number of fused-ring (bicyclic) bond motifs is 1. The Hall–Kier alpha value is -1.72. The predicted molar refractivity (Wildman–Crippen MR) is 110 cm³/mol. The molecule has 0 fully saturated rings. The van der Waals surface area contributed by atoms with Crippen molar-refractivity contribution in [2.45, 2.75) is 70.9 Å². The second-order valence-electron chi connectivity index (χ2n) is 8.06. The van der Waals surface area contributed by atoms with Gasteiger partial charge in [0, 0.05) is 32.0 Å². The molecule has 0 aromatic heterocycles. The van der Waals surface area contributed by atoms with Crippen molar-refractivity contribution in [3.8, 4) is 0 Å². The normalized spacial score (nSPS) is 19.4. The standard InChI is InChI=1S/C23H35NO4/c1-16(13-14-25)22(26)15-19(12-11-17(2)28-3)23(27)24-21-10-6-8-18-7-4-5-9-20(18)21/h4-5,7,9,16-17,19,21,25H,6,8,10-15H2,1-3H3,(H,24,27)/t16-,17?,19?,21+/m0/s1. The lowest BCUT2D eigenvalue weighted by molar-refractivity contribution is -0.132. The predicted octanol–water partition coefficient (Wildman–Crippen LogP) is 3.59. The maximum Gasteiger partial charge on any atom is 0.224 e. The minimum atomic E-state index is -0.361. The molecule has 0 heterocycles. The summed E-state index contributed by atoms with van der Waals surface area (Å²) in [4.78, 5) is 25.6. The highest BCUT2D eigenvalue weighted by atomic mass is 16.5. The number of amides is 1. The topological polar surface area (TPSA) is 75.6 Å². The van der Waals surface area contributed by atoms with Gasteiger partial charge in [0.25, 0.3) is 0 Å². The number of ketones is 1. The third-order valence-corrected chi connectivity index (χ3v) is 5.94. The fourth-order valence-electron chi connectivity index (χ4n) is 3.87. The molecule has 1 aromatic rings. The van der Waals surface area contributed by atoms with Crippen LogP contribution in [0.1, 0.15) is 69.5 Å². The molecule has 2 rings (SSSR count). The highest BCUT2D eigenvalue weighted by molar-refractivity contribution is 5.88. The molecule has 1 aliphatic rings. The zero-order valence-corrected chi connectivity index (χ0v) is 17.4. The van der Waals surface area contributed by atoms with Gasteiger partial charge in [0.1, 0.15) is 5.78 Å². The van der Waals surface area contributed by atoms with Gasteiger partial charge in [0.2, 0.25) is 5.91 Å². The van der Waals surface area contributed by atoms with Crippen LogP contribution in [0.5, 0.6) is 0 Å². The number of nitrogens with one attached hydrogen (secondary N) is 1. The first-order valence-electron chi connectivity index (χ1n) is 10.5. The van der Waals surface area contributed by atoms with Crippen LogP contribution in [0.15, 0.2) is 24.3 Å². The van der Waals surface area contributed by atoms with E-state index in [1.807, 2.05) is 26.0 Å². The molecule has 4 atom stereocenters. The van der Waals surface area contributed by atoms with Crippen molar-refractivity contribution in [1.82, 2.24) is 5.32 Å². The van der Waals surface area contributed by atoms with E-state index >= 15 is 0 Å². The van der Waals surface area contributed by atoms with Gasteiger partial charge in [-0.05, 0) is 56.6 Å². The van der Waals surface area contributed by atoms with Crippen LogP contribution < -0.4 is 5.32 Å². The Morgan fingerprint density at radius 3 is 2.68 bits per heavy atom. The Labute approximate surface area is 168 Å². The Bertz CT molecular complexity index is 645. The van der Waals surface area contributed by atoms with Crippen molar-refractivity contribution in [3.63, 3.8) is 0 Å². The fraction of sp³-hybridized carbons (Fsp3) is 0.652. The van der Waals surface area contributed by atoms with Gasteiger partial charge in [-0.1, -0.05) is 31.2 Å². The van der Waals surface area contributed by atoms with E-state index in [4.69, 9.17) is 9.84 Å². The van der Waals surface area contributed by atoms with Gasteiger partial charge in [-0.3, -0.25) is 9.59 Å². The molecular weight excluding hydrogens is 354 g/mol. The second-order valence-corrected chi connectivity index (χ2v) is 8.06. The van der Waals surface area contributed by atoms with Gasteiger partial charge in [-0.2, -0.15) is 0 Å². The Morgan fingerprint density at radius 1 is 1.21 bits per heavy atom. The highest BCUT2D eigenvalue weighted by Gasteiger charge is 2.28. The molecule has 156 valence electrons. The third-order valence-electron chi connectivity index (χ3n) is 5.94. The SMILES string of the molecule is COC(C)CCC(CC(=O)[C@@H](C)CCO)C(=O)N[C@@H]1CCCc2ccccc21. The summed E-state index contributed by atoms with van der Waals surface area (Å²) in [5, 5.41) is 12.3. The van der Waals surface area contributed by atoms with Gasteiger partial charge < -0.3 is 15.2 Å². The first-order valence-corrected chi connectivity index (χ1v) is 10.5. The van der Waals surface area contributed by atoms with Gasteiger partial charge in [0.05, 0.1) is 12.1 Å². The summed E-state index contributed by atoms with van der Waals surface area (Å²) in [6.45, 7) is 3.79. The lowest BCUT2D eigenvalue weighted by Gasteiger charge is -2.28. The van der Waals surface area contributed by atoms with E-state index in [9.17, 15) is 9.59 Å². The van der Waals surface area contributed by atoms with Gasteiger partial charge in [-0.25, -0.2) is 0 Å². The van der Waals surface area contributed by atoms with Crippen molar-refractivity contribution < 1.29 is 19.4 Å². The highest BCUT2D eigenvalue weighted by Crippen LogP contribution is 2.30. The molecule has 0 aliphatic heterocycles. The molecule has 1 amide bonds. The van der Waals surface area contributed by atoms with Crippen LogP contribution in [0.4, 0.5) is 0 Å². The van der Waals surface area contributed by atoms with E-state index < -0.39 is 0 Å². The summed E-state index contributed by atoms with van der Waals surface area (Å²) in [5.74, 6) is -0.589. The molecule has 2 N–H and O–H groups in total. The van der Waals surface area contributed by atoms with Crippen LogP contribution in [0, 0.1) is 11.8 Å². The molecule has 0 radical (unpaired) electrons. The maximum atomic E-state index is 13.1. The molecular formula is C23H35NO4. The molecule has 0 spiro atoms. The lowest BCUT2D eigenvalue weighted by atomic mass is 9.86. The minimum Gasteiger partial charge on any atom is -0.396 e. The Kier molecular flexibility index (Phi) is 9.13. The molecule has 0 bridgehead atoms. The number of methoxy groups -OCH3 is 1. The van der Waals surface area contributed by atoms with Crippen molar-refractivity contribution in [2.75, 3.05) is 13.7 Å². The summed E-state index contributed by atoms with van der Waals surface area (Å²) in [7, 11) is 1.66. The van der Waals surface area contributed by atoms with Crippen LogP contribution in [0.2, 0.25) is 0 Å².